The van der Waals surface area contributed by atoms with Crippen molar-refractivity contribution in [3.63, 3.8) is 0 Å². The van der Waals surface area contributed by atoms with Gasteiger partial charge in [0.1, 0.15) is 5.69 Å². The van der Waals surface area contributed by atoms with Gasteiger partial charge in [0.15, 0.2) is 5.75 Å². The number of ether oxygens (including phenoxy) is 1. The Kier molecular flexibility index (Phi) is 3.45. The molecule has 1 aliphatic heterocycles. The van der Waals surface area contributed by atoms with Crippen LogP contribution in [0.2, 0.25) is 5.02 Å². The maximum Gasteiger partial charge on any atom is 0.413 e. The molecule has 0 saturated heterocycles. The average Bonchev–Trinajstić information content (AvgIpc) is 2.46. The molecule has 0 aromatic heterocycles. The van der Waals surface area contributed by atoms with Crippen molar-refractivity contribution in [2.75, 3.05) is 5.32 Å². The van der Waals surface area contributed by atoms with E-state index in [1.807, 2.05) is 0 Å². The number of nitrogens with zero attached hydrogens (tertiary/aromatic N) is 2. The summed E-state index contributed by atoms with van der Waals surface area (Å²) in [5, 5.41) is 14.6. The fourth-order valence-corrected chi connectivity index (χ4v) is 2.15. The minimum atomic E-state index is -1.38. The molecule has 1 unspecified atom stereocenters. The Hall–Kier alpha value is -2.60. The average molecular weight is 304 g/mol. The molecular formula is C14H10ClN3O3. The molecule has 1 aliphatic rings. The first-order valence-electron chi connectivity index (χ1n) is 6.14. The molecule has 0 aliphatic carbocycles. The van der Waals surface area contributed by atoms with Crippen molar-refractivity contribution in [2.45, 2.75) is 6.23 Å². The van der Waals surface area contributed by atoms with Crippen LogP contribution in [0.3, 0.4) is 0 Å². The van der Waals surface area contributed by atoms with Crippen molar-refractivity contribution < 1.29 is 9.66 Å². The summed E-state index contributed by atoms with van der Waals surface area (Å²) in [6, 6.07) is 13.7. The van der Waals surface area contributed by atoms with Crippen LogP contribution in [0.25, 0.3) is 0 Å². The number of anilines is 1. The molecule has 0 spiro atoms. The van der Waals surface area contributed by atoms with E-state index in [9.17, 15) is 10.1 Å². The molecule has 21 heavy (non-hydrogen) atoms. The van der Waals surface area contributed by atoms with Crippen LogP contribution in [0.4, 0.5) is 11.4 Å². The summed E-state index contributed by atoms with van der Waals surface area (Å²) in [7, 11) is 0. The van der Waals surface area contributed by atoms with E-state index in [0.717, 1.165) is 0 Å². The maximum absolute atomic E-state index is 11.2. The van der Waals surface area contributed by atoms with E-state index in [4.69, 9.17) is 16.3 Å². The zero-order valence-electron chi connectivity index (χ0n) is 10.7. The van der Waals surface area contributed by atoms with Gasteiger partial charge in [-0.1, -0.05) is 29.8 Å². The Morgan fingerprint density at radius 3 is 2.81 bits per heavy atom. The minimum Gasteiger partial charge on any atom is -0.422 e. The van der Waals surface area contributed by atoms with Crippen LogP contribution in [0.5, 0.6) is 5.75 Å². The summed E-state index contributed by atoms with van der Waals surface area (Å²) in [5.74, 6) is 0.497. The number of hydrogen-bond acceptors (Lipinski definition) is 5. The van der Waals surface area contributed by atoms with Crippen LogP contribution >= 0.6 is 11.6 Å². The normalized spacial score (nSPS) is 16.4. The lowest BCUT2D eigenvalue weighted by atomic mass is 10.2. The smallest absolute Gasteiger partial charge is 0.413 e. The van der Waals surface area contributed by atoms with Gasteiger partial charge in [0, 0.05) is 10.7 Å². The van der Waals surface area contributed by atoms with Gasteiger partial charge in [0.25, 0.3) is 0 Å². The van der Waals surface area contributed by atoms with Gasteiger partial charge in [-0.3, -0.25) is 10.1 Å². The fourth-order valence-electron chi connectivity index (χ4n) is 1.96. The molecule has 1 heterocycles. The van der Waals surface area contributed by atoms with Gasteiger partial charge in [0.2, 0.25) is 5.84 Å². The quantitative estimate of drug-likeness (QED) is 0.680. The van der Waals surface area contributed by atoms with Gasteiger partial charge in [0.05, 0.1) is 4.92 Å². The lowest BCUT2D eigenvalue weighted by Gasteiger charge is -2.20. The second kappa shape index (κ2) is 5.41. The monoisotopic (exact) mass is 303 g/mol. The first-order valence-corrected chi connectivity index (χ1v) is 6.51. The third-order valence-electron chi connectivity index (χ3n) is 2.87. The van der Waals surface area contributed by atoms with Gasteiger partial charge >= 0.3 is 6.23 Å². The molecule has 3 rings (SSSR count). The standard InChI is InChI=1S/C14H10ClN3O3/c15-9-4-3-5-10(8-9)16-13-14(18(19)20)21-12-7-2-1-6-11(12)17-13/h1-8,14H,(H,16,17). The number of rotatable bonds is 2. The third kappa shape index (κ3) is 2.80. The zero-order chi connectivity index (χ0) is 14.8. The van der Waals surface area contributed by atoms with Crippen LogP contribution in [0.1, 0.15) is 0 Å². The van der Waals surface area contributed by atoms with E-state index in [-0.39, 0.29) is 5.84 Å². The predicted molar refractivity (Wildman–Crippen MR) is 80.0 cm³/mol. The second-order valence-corrected chi connectivity index (χ2v) is 4.79. The molecule has 0 radical (unpaired) electrons. The van der Waals surface area contributed by atoms with E-state index < -0.39 is 11.2 Å². The van der Waals surface area contributed by atoms with Crippen molar-refractivity contribution in [3.05, 3.63) is 63.7 Å². The van der Waals surface area contributed by atoms with Crippen molar-refractivity contribution in [1.82, 2.24) is 0 Å². The first-order chi connectivity index (χ1) is 10.1. The lowest BCUT2D eigenvalue weighted by Crippen LogP contribution is -2.41. The Morgan fingerprint density at radius 2 is 2.05 bits per heavy atom. The van der Waals surface area contributed by atoms with E-state index >= 15 is 0 Å². The third-order valence-corrected chi connectivity index (χ3v) is 3.10. The molecule has 1 N–H and O–H groups in total. The predicted octanol–water partition coefficient (Wildman–Crippen LogP) is 3.48. The molecule has 1 atom stereocenters. The highest BCUT2D eigenvalue weighted by molar-refractivity contribution is 6.30. The number of halogens is 1. The van der Waals surface area contributed by atoms with E-state index in [2.05, 4.69) is 10.3 Å². The van der Waals surface area contributed by atoms with Crippen LogP contribution < -0.4 is 10.1 Å². The summed E-state index contributed by atoms with van der Waals surface area (Å²) >= 11 is 5.90. The van der Waals surface area contributed by atoms with Crippen LogP contribution in [0.15, 0.2) is 53.5 Å². The van der Waals surface area contributed by atoms with Crippen molar-refractivity contribution in [1.29, 1.82) is 0 Å². The molecule has 0 fully saturated rings. The summed E-state index contributed by atoms with van der Waals surface area (Å²) in [4.78, 5) is 14.9. The number of aliphatic imine (C=N–C) groups is 1. The SMILES string of the molecule is O=[N+]([O-])C1Oc2ccccc2N=C1Nc1cccc(Cl)c1. The highest BCUT2D eigenvalue weighted by atomic mass is 35.5. The van der Waals surface area contributed by atoms with Gasteiger partial charge < -0.3 is 10.1 Å². The topological polar surface area (TPSA) is 76.8 Å². The van der Waals surface area contributed by atoms with Gasteiger partial charge in [-0.15, -0.1) is 0 Å². The Bertz CT molecular complexity index is 733. The summed E-state index contributed by atoms with van der Waals surface area (Å²) in [6.07, 6.45) is -1.38. The van der Waals surface area contributed by atoms with Crippen LogP contribution in [0, 0.1) is 10.1 Å². The number of nitrogens with one attached hydrogen (secondary N) is 1. The fraction of sp³-hybridized carbons (Fsp3) is 0.0714. The molecule has 106 valence electrons. The molecular weight excluding hydrogens is 294 g/mol. The van der Waals surface area contributed by atoms with E-state index in [0.29, 0.717) is 22.1 Å². The minimum absolute atomic E-state index is 0.112. The molecule has 2 aromatic rings. The number of para-hydroxylation sites is 2. The summed E-state index contributed by atoms with van der Waals surface area (Å²) < 4.78 is 5.38. The number of fused-ring (bicyclic) bond motifs is 1. The largest absolute Gasteiger partial charge is 0.422 e. The van der Waals surface area contributed by atoms with E-state index in [1.54, 1.807) is 48.5 Å². The Morgan fingerprint density at radius 1 is 1.24 bits per heavy atom. The number of nitro groups is 1. The van der Waals surface area contributed by atoms with Gasteiger partial charge in [-0.25, -0.2) is 4.99 Å². The number of hydrogen-bond donors (Lipinski definition) is 1. The van der Waals surface area contributed by atoms with Gasteiger partial charge in [-0.05, 0) is 30.3 Å². The highest BCUT2D eigenvalue weighted by Crippen LogP contribution is 2.32. The van der Waals surface area contributed by atoms with E-state index in [1.165, 1.54) is 0 Å². The Balaban J connectivity index is 1.97. The molecule has 0 bridgehead atoms. The van der Waals surface area contributed by atoms with Crippen molar-refractivity contribution in [2.24, 2.45) is 4.99 Å². The molecule has 0 saturated carbocycles. The first kappa shape index (κ1) is 13.4. The number of amidine groups is 1. The maximum atomic E-state index is 11.2. The zero-order valence-corrected chi connectivity index (χ0v) is 11.4. The van der Waals surface area contributed by atoms with Crippen molar-refractivity contribution >= 4 is 28.8 Å². The summed E-state index contributed by atoms with van der Waals surface area (Å²) in [6.45, 7) is 0. The highest BCUT2D eigenvalue weighted by Gasteiger charge is 2.34. The molecule has 2 aromatic carbocycles. The molecule has 0 amide bonds. The second-order valence-electron chi connectivity index (χ2n) is 4.36. The molecule has 7 heteroatoms. The van der Waals surface area contributed by atoms with Crippen LogP contribution in [-0.2, 0) is 0 Å². The summed E-state index contributed by atoms with van der Waals surface area (Å²) in [5.41, 5.74) is 1.15. The van der Waals surface area contributed by atoms with Gasteiger partial charge in [-0.2, -0.15) is 0 Å². The number of benzene rings is 2. The Labute approximate surface area is 125 Å². The molecule has 6 nitrogen and oxygen atoms in total. The van der Waals surface area contributed by atoms with Crippen LogP contribution in [-0.4, -0.2) is 17.0 Å². The van der Waals surface area contributed by atoms with Crippen molar-refractivity contribution in [3.8, 4) is 5.75 Å². The lowest BCUT2D eigenvalue weighted by molar-refractivity contribution is -0.540.